The lowest BCUT2D eigenvalue weighted by Crippen LogP contribution is -2.24. The fraction of sp³-hybridized carbons (Fsp3) is 0.727. The van der Waals surface area contributed by atoms with Crippen LogP contribution in [0.3, 0.4) is 0 Å². The molecule has 0 atom stereocenters. The summed E-state index contributed by atoms with van der Waals surface area (Å²) in [6, 6.07) is 0. The molecule has 0 fully saturated rings. The smallest absolute Gasteiger partial charge is 0.241 e. The van der Waals surface area contributed by atoms with Gasteiger partial charge >= 0.3 is 0 Å². The van der Waals surface area contributed by atoms with Gasteiger partial charge in [-0.1, -0.05) is 6.58 Å². The number of carbonyl (C=O) groups is 1. The molecule has 0 unspecified atom stereocenters. The Balaban J connectivity index is 3.50. The van der Waals surface area contributed by atoms with Crippen molar-refractivity contribution < 1.29 is 9.22 Å². The summed E-state index contributed by atoms with van der Waals surface area (Å²) in [6.45, 7) is 12.0. The molecule has 0 N–H and O–H groups in total. The molecule has 0 aromatic carbocycles. The van der Waals surface area contributed by atoms with Gasteiger partial charge in [0, 0.05) is 12.8 Å². The van der Waals surface area contributed by atoms with Crippen LogP contribution >= 0.6 is 0 Å². The van der Waals surface area contributed by atoms with Gasteiger partial charge in [-0.25, -0.2) is 0 Å². The molecular weight excluding hydrogens is 192 g/mol. The summed E-state index contributed by atoms with van der Waals surface area (Å²) >= 11 is 0. The van der Waals surface area contributed by atoms with E-state index >= 15 is 0 Å². The van der Waals surface area contributed by atoms with Gasteiger partial charge in [0.15, 0.2) is 0 Å². The van der Waals surface area contributed by atoms with Crippen LogP contribution in [0.2, 0.25) is 19.6 Å². The average Bonchev–Trinajstić information content (AvgIpc) is 1.94. The van der Waals surface area contributed by atoms with Crippen LogP contribution in [0, 0.1) is 0 Å². The predicted molar refractivity (Wildman–Crippen MR) is 62.7 cm³/mol. The lowest BCUT2D eigenvalue weighted by molar-refractivity contribution is -0.117. The quantitative estimate of drug-likeness (QED) is 0.368. The van der Waals surface area contributed by atoms with Gasteiger partial charge in [-0.05, 0) is 39.4 Å². The number of hydrogen-bond acceptors (Lipinski definition) is 2. The van der Waals surface area contributed by atoms with Crippen LogP contribution in [0.25, 0.3) is 0 Å². The molecule has 0 radical (unpaired) electrons. The molecule has 2 nitrogen and oxygen atoms in total. The summed E-state index contributed by atoms with van der Waals surface area (Å²) in [5, 5.41) is 0. The number of carbonyl (C=O) groups excluding carboxylic acids is 1. The predicted octanol–water partition coefficient (Wildman–Crippen LogP) is 3.50. The zero-order valence-corrected chi connectivity index (χ0v) is 10.9. The van der Waals surface area contributed by atoms with E-state index in [9.17, 15) is 4.79 Å². The van der Waals surface area contributed by atoms with Gasteiger partial charge in [-0.15, -0.1) is 0 Å². The van der Waals surface area contributed by atoms with Crippen molar-refractivity contribution in [1.29, 1.82) is 0 Å². The Hall–Kier alpha value is -0.573. The highest BCUT2D eigenvalue weighted by atomic mass is 28.4. The average molecular weight is 214 g/mol. The fourth-order valence-corrected chi connectivity index (χ4v) is 2.15. The summed E-state index contributed by atoms with van der Waals surface area (Å²) in [4.78, 5) is 10.7. The highest BCUT2D eigenvalue weighted by Crippen LogP contribution is 2.14. The van der Waals surface area contributed by atoms with Crippen molar-refractivity contribution in [3.63, 3.8) is 0 Å². The molecule has 0 rings (SSSR count). The standard InChI is InChI=1S/C11H22O2Si/c1-10(12)8-6-7-9-11(2)13-14(3,4)5/h2,6-9H2,1,3-5H3. The molecule has 0 amide bonds. The largest absolute Gasteiger partial charge is 0.548 e. The zero-order chi connectivity index (χ0) is 11.2. The molecule has 0 spiro atoms. The first-order chi connectivity index (χ1) is 6.31. The minimum absolute atomic E-state index is 0.265. The van der Waals surface area contributed by atoms with Crippen molar-refractivity contribution in [2.45, 2.75) is 52.2 Å². The first-order valence-corrected chi connectivity index (χ1v) is 8.58. The molecule has 0 aliphatic rings. The second kappa shape index (κ2) is 6.01. The van der Waals surface area contributed by atoms with Crippen molar-refractivity contribution in [1.82, 2.24) is 0 Å². The van der Waals surface area contributed by atoms with Gasteiger partial charge in [-0.3, -0.25) is 0 Å². The molecule has 14 heavy (non-hydrogen) atoms. The second-order valence-corrected chi connectivity index (χ2v) is 9.09. The van der Waals surface area contributed by atoms with E-state index in [2.05, 4.69) is 26.2 Å². The number of unbranched alkanes of at least 4 members (excludes halogenated alkanes) is 1. The van der Waals surface area contributed by atoms with Crippen molar-refractivity contribution in [2.24, 2.45) is 0 Å². The Kier molecular flexibility index (Phi) is 5.77. The van der Waals surface area contributed by atoms with Crippen molar-refractivity contribution in [3.05, 3.63) is 12.3 Å². The number of rotatable bonds is 7. The highest BCUT2D eigenvalue weighted by molar-refractivity contribution is 6.70. The maximum Gasteiger partial charge on any atom is 0.241 e. The fourth-order valence-electron chi connectivity index (χ4n) is 1.18. The summed E-state index contributed by atoms with van der Waals surface area (Å²) in [7, 11) is -1.47. The molecule has 3 heteroatoms. The lowest BCUT2D eigenvalue weighted by Gasteiger charge is -2.20. The normalized spacial score (nSPS) is 11.1. The number of ketones is 1. The molecule has 0 aliphatic heterocycles. The Labute approximate surface area is 88.5 Å². The van der Waals surface area contributed by atoms with Crippen LogP contribution in [0.4, 0.5) is 0 Å². The van der Waals surface area contributed by atoms with Crippen LogP contribution in [0.5, 0.6) is 0 Å². The molecular formula is C11H22O2Si. The van der Waals surface area contributed by atoms with E-state index in [0.717, 1.165) is 25.0 Å². The Morgan fingerprint density at radius 2 is 1.71 bits per heavy atom. The lowest BCUT2D eigenvalue weighted by atomic mass is 10.1. The topological polar surface area (TPSA) is 26.3 Å². The maximum atomic E-state index is 10.7. The molecule has 0 saturated heterocycles. The molecule has 0 bridgehead atoms. The minimum atomic E-state index is -1.47. The van der Waals surface area contributed by atoms with Gasteiger partial charge in [0.1, 0.15) is 5.78 Å². The van der Waals surface area contributed by atoms with Crippen molar-refractivity contribution >= 4 is 14.1 Å². The van der Waals surface area contributed by atoms with Crippen molar-refractivity contribution in [3.8, 4) is 0 Å². The van der Waals surface area contributed by atoms with Crippen molar-refractivity contribution in [2.75, 3.05) is 0 Å². The van der Waals surface area contributed by atoms with E-state index in [0.29, 0.717) is 6.42 Å². The first-order valence-electron chi connectivity index (χ1n) is 5.17. The van der Waals surface area contributed by atoms with Crippen LogP contribution in [-0.4, -0.2) is 14.1 Å². The summed E-state index contributed by atoms with van der Waals surface area (Å²) in [6.07, 6.45) is 3.52. The SMILES string of the molecule is C=C(CCCCC(C)=O)O[Si](C)(C)C. The molecule has 0 aromatic heterocycles. The maximum absolute atomic E-state index is 10.7. The van der Waals surface area contributed by atoms with Gasteiger partial charge in [-0.2, -0.15) is 0 Å². The van der Waals surface area contributed by atoms with Gasteiger partial charge in [0.05, 0.1) is 5.76 Å². The van der Waals surface area contributed by atoms with E-state index < -0.39 is 8.32 Å². The Morgan fingerprint density at radius 1 is 1.21 bits per heavy atom. The summed E-state index contributed by atoms with van der Waals surface area (Å²) in [5.41, 5.74) is 0. The second-order valence-electron chi connectivity index (χ2n) is 4.66. The minimum Gasteiger partial charge on any atom is -0.548 e. The van der Waals surface area contributed by atoms with Gasteiger partial charge in [0.25, 0.3) is 0 Å². The van der Waals surface area contributed by atoms with Crippen LogP contribution in [0.15, 0.2) is 12.3 Å². The summed E-state index contributed by atoms with van der Waals surface area (Å²) < 4.78 is 5.70. The Morgan fingerprint density at radius 3 is 2.14 bits per heavy atom. The number of hydrogen-bond donors (Lipinski definition) is 0. The summed E-state index contributed by atoms with van der Waals surface area (Å²) in [5.74, 6) is 1.15. The van der Waals surface area contributed by atoms with E-state index in [1.807, 2.05) is 0 Å². The third-order valence-corrected chi connectivity index (χ3v) is 2.59. The van der Waals surface area contributed by atoms with Gasteiger partial charge in [0.2, 0.25) is 8.32 Å². The third kappa shape index (κ3) is 9.51. The van der Waals surface area contributed by atoms with E-state index in [-0.39, 0.29) is 5.78 Å². The molecule has 0 heterocycles. The molecule has 0 saturated carbocycles. The molecule has 0 aliphatic carbocycles. The van der Waals surface area contributed by atoms with Crippen LogP contribution < -0.4 is 0 Å². The van der Waals surface area contributed by atoms with Crippen LogP contribution in [-0.2, 0) is 9.22 Å². The van der Waals surface area contributed by atoms with E-state index in [4.69, 9.17) is 4.43 Å². The molecule has 82 valence electrons. The van der Waals surface area contributed by atoms with Crippen LogP contribution in [0.1, 0.15) is 32.6 Å². The highest BCUT2D eigenvalue weighted by Gasteiger charge is 2.16. The third-order valence-electron chi connectivity index (χ3n) is 1.68. The monoisotopic (exact) mass is 214 g/mol. The van der Waals surface area contributed by atoms with E-state index in [1.165, 1.54) is 0 Å². The van der Waals surface area contributed by atoms with E-state index in [1.54, 1.807) is 6.92 Å². The molecule has 0 aromatic rings. The number of Topliss-reactive ketones (excluding diaryl/α,β-unsaturated/α-hetero) is 1. The Bertz CT molecular complexity index is 204. The number of allylic oxidation sites excluding steroid dienone is 1. The first kappa shape index (κ1) is 13.4. The zero-order valence-electron chi connectivity index (χ0n) is 9.85. The van der Waals surface area contributed by atoms with Gasteiger partial charge < -0.3 is 9.22 Å².